The van der Waals surface area contributed by atoms with Gasteiger partial charge in [-0.15, -0.1) is 0 Å². The van der Waals surface area contributed by atoms with Gasteiger partial charge in [0.2, 0.25) is 0 Å². The van der Waals surface area contributed by atoms with E-state index in [4.69, 9.17) is 11.6 Å². The largest absolute Gasteiger partial charge is 0.310 e. The molecule has 0 atom stereocenters. The van der Waals surface area contributed by atoms with E-state index in [1.165, 1.54) is 12.1 Å². The summed E-state index contributed by atoms with van der Waals surface area (Å²) in [5, 5.41) is 2.62. The predicted molar refractivity (Wildman–Crippen MR) is 51.3 cm³/mol. The highest BCUT2D eigenvalue weighted by Gasteiger charge is 2.45. The average molecular weight is 218 g/mol. The highest BCUT2D eigenvalue weighted by molar-refractivity contribution is 6.31. The van der Waals surface area contributed by atoms with Crippen molar-refractivity contribution >= 4 is 11.6 Å². The lowest BCUT2D eigenvalue weighted by molar-refractivity contribution is 0.515. The van der Waals surface area contributed by atoms with Crippen molar-refractivity contribution < 1.29 is 8.78 Å². The van der Waals surface area contributed by atoms with Crippen molar-refractivity contribution in [1.82, 2.24) is 5.32 Å². The summed E-state index contributed by atoms with van der Waals surface area (Å²) in [5.41, 5.74) is 0.146. The van der Waals surface area contributed by atoms with E-state index in [0.717, 1.165) is 12.8 Å². The maximum atomic E-state index is 13.6. The number of nitrogens with one attached hydrogen (secondary N) is 1. The summed E-state index contributed by atoms with van der Waals surface area (Å²) in [4.78, 5) is 0. The second-order valence-electron chi connectivity index (χ2n) is 3.56. The van der Waals surface area contributed by atoms with Gasteiger partial charge in [0.1, 0.15) is 16.7 Å². The molecule has 1 fully saturated rings. The molecule has 0 aliphatic heterocycles. The van der Waals surface area contributed by atoms with Crippen molar-refractivity contribution in [2.24, 2.45) is 0 Å². The molecule has 0 amide bonds. The molecule has 1 N–H and O–H groups in total. The summed E-state index contributed by atoms with van der Waals surface area (Å²) in [6, 6.07) is 2.66. The Morgan fingerprint density at radius 2 is 2.00 bits per heavy atom. The van der Waals surface area contributed by atoms with Crippen LogP contribution < -0.4 is 5.32 Å². The lowest BCUT2D eigenvalue weighted by Gasteiger charge is -2.16. The van der Waals surface area contributed by atoms with Gasteiger partial charge in [0.15, 0.2) is 0 Å². The Balaban J connectivity index is 2.50. The molecule has 1 aromatic rings. The van der Waals surface area contributed by atoms with Gasteiger partial charge in [-0.3, -0.25) is 0 Å². The van der Waals surface area contributed by atoms with Gasteiger partial charge in [-0.2, -0.15) is 0 Å². The van der Waals surface area contributed by atoms with E-state index in [1.807, 2.05) is 0 Å². The van der Waals surface area contributed by atoms with Gasteiger partial charge in [0, 0.05) is 11.1 Å². The molecule has 0 radical (unpaired) electrons. The van der Waals surface area contributed by atoms with Gasteiger partial charge in [0.05, 0.1) is 0 Å². The summed E-state index contributed by atoms with van der Waals surface area (Å²) >= 11 is 5.50. The van der Waals surface area contributed by atoms with Crippen LogP contribution in [0.2, 0.25) is 5.02 Å². The lowest BCUT2D eigenvalue weighted by atomic mass is 10.0. The molecule has 0 bridgehead atoms. The van der Waals surface area contributed by atoms with Crippen LogP contribution in [0.4, 0.5) is 8.78 Å². The van der Waals surface area contributed by atoms with Crippen LogP contribution in [0.25, 0.3) is 0 Å². The van der Waals surface area contributed by atoms with Crippen LogP contribution >= 0.6 is 11.6 Å². The molecule has 0 heterocycles. The first-order valence-corrected chi connectivity index (χ1v) is 4.81. The molecule has 1 saturated carbocycles. The SMILES string of the molecule is CNC1(c2ccc(F)c(Cl)c2F)CC1. The minimum Gasteiger partial charge on any atom is -0.310 e. The van der Waals surface area contributed by atoms with E-state index >= 15 is 0 Å². The highest BCUT2D eigenvalue weighted by Crippen LogP contribution is 2.47. The molecule has 1 nitrogen and oxygen atoms in total. The van der Waals surface area contributed by atoms with Crippen molar-refractivity contribution in [2.75, 3.05) is 7.05 Å². The van der Waals surface area contributed by atoms with Gasteiger partial charge in [-0.1, -0.05) is 17.7 Å². The van der Waals surface area contributed by atoms with Gasteiger partial charge in [-0.25, -0.2) is 8.78 Å². The minimum atomic E-state index is -0.709. The van der Waals surface area contributed by atoms with E-state index in [2.05, 4.69) is 5.32 Å². The normalized spacial score (nSPS) is 18.3. The molecule has 0 saturated heterocycles. The van der Waals surface area contributed by atoms with Crippen molar-refractivity contribution in [3.05, 3.63) is 34.4 Å². The monoisotopic (exact) mass is 217 g/mol. The van der Waals surface area contributed by atoms with Gasteiger partial charge in [-0.05, 0) is 26.0 Å². The zero-order valence-electron chi connectivity index (χ0n) is 7.70. The van der Waals surface area contributed by atoms with Crippen molar-refractivity contribution in [1.29, 1.82) is 0 Å². The summed E-state index contributed by atoms with van der Waals surface area (Å²) in [5.74, 6) is -1.35. The van der Waals surface area contributed by atoms with Crippen molar-refractivity contribution in [2.45, 2.75) is 18.4 Å². The molecule has 0 spiro atoms. The van der Waals surface area contributed by atoms with E-state index in [-0.39, 0.29) is 5.54 Å². The lowest BCUT2D eigenvalue weighted by Crippen LogP contribution is -2.25. The quantitative estimate of drug-likeness (QED) is 0.752. The zero-order valence-corrected chi connectivity index (χ0v) is 8.46. The topological polar surface area (TPSA) is 12.0 Å². The molecule has 0 aromatic heterocycles. The maximum Gasteiger partial charge on any atom is 0.149 e. The fraction of sp³-hybridized carbons (Fsp3) is 0.400. The molecule has 0 unspecified atom stereocenters. The van der Waals surface area contributed by atoms with Crippen LogP contribution in [0, 0.1) is 11.6 Å². The van der Waals surface area contributed by atoms with E-state index < -0.39 is 16.7 Å². The first-order valence-electron chi connectivity index (χ1n) is 4.43. The third kappa shape index (κ3) is 1.31. The second-order valence-corrected chi connectivity index (χ2v) is 3.93. The Morgan fingerprint density at radius 1 is 1.36 bits per heavy atom. The fourth-order valence-corrected chi connectivity index (χ4v) is 1.84. The molecule has 4 heteroatoms. The fourth-order valence-electron chi connectivity index (χ4n) is 1.67. The minimum absolute atomic E-state index is 0.318. The number of hydrogen-bond acceptors (Lipinski definition) is 1. The van der Waals surface area contributed by atoms with Crippen LogP contribution in [0.1, 0.15) is 18.4 Å². The number of hydrogen-bond donors (Lipinski definition) is 1. The zero-order chi connectivity index (χ0) is 10.3. The smallest absolute Gasteiger partial charge is 0.149 e. The molecule has 1 aliphatic rings. The van der Waals surface area contributed by atoms with Crippen molar-refractivity contribution in [3.63, 3.8) is 0 Å². The molecule has 2 rings (SSSR count). The Kier molecular flexibility index (Phi) is 2.24. The summed E-state index contributed by atoms with van der Waals surface area (Å²) in [6.07, 6.45) is 1.73. The predicted octanol–water partition coefficient (Wildman–Crippen LogP) is 2.83. The van der Waals surface area contributed by atoms with Crippen molar-refractivity contribution in [3.8, 4) is 0 Å². The summed E-state index contributed by atoms with van der Waals surface area (Å²) < 4.78 is 26.5. The van der Waals surface area contributed by atoms with Crippen LogP contribution in [-0.2, 0) is 5.54 Å². The third-order valence-electron chi connectivity index (χ3n) is 2.78. The van der Waals surface area contributed by atoms with E-state index in [9.17, 15) is 8.78 Å². The summed E-state index contributed by atoms with van der Waals surface area (Å²) in [6.45, 7) is 0. The molecule has 14 heavy (non-hydrogen) atoms. The Bertz CT molecular complexity index is 375. The molecular weight excluding hydrogens is 208 g/mol. The third-order valence-corrected chi connectivity index (χ3v) is 3.13. The number of benzene rings is 1. The molecule has 76 valence electrons. The standard InChI is InChI=1S/C10H10ClF2N/c1-14-10(4-5-10)6-2-3-7(12)8(11)9(6)13/h2-3,14H,4-5H2,1H3. The molecule has 1 aromatic carbocycles. The van der Waals surface area contributed by atoms with Gasteiger partial charge >= 0.3 is 0 Å². The van der Waals surface area contributed by atoms with Gasteiger partial charge in [0.25, 0.3) is 0 Å². The molecule has 1 aliphatic carbocycles. The average Bonchev–Trinajstić information content (AvgIpc) is 2.95. The first kappa shape index (κ1) is 9.87. The molecular formula is C10H10ClF2N. The second kappa shape index (κ2) is 3.17. The first-order chi connectivity index (χ1) is 6.60. The highest BCUT2D eigenvalue weighted by atomic mass is 35.5. The van der Waals surface area contributed by atoms with Crippen LogP contribution in [0.5, 0.6) is 0 Å². The van der Waals surface area contributed by atoms with E-state index in [1.54, 1.807) is 7.05 Å². The maximum absolute atomic E-state index is 13.6. The summed E-state index contributed by atoms with van der Waals surface area (Å²) in [7, 11) is 1.77. The van der Waals surface area contributed by atoms with Crippen LogP contribution in [0.3, 0.4) is 0 Å². The van der Waals surface area contributed by atoms with Crippen LogP contribution in [-0.4, -0.2) is 7.05 Å². The number of halogens is 3. The van der Waals surface area contributed by atoms with E-state index in [0.29, 0.717) is 5.56 Å². The van der Waals surface area contributed by atoms with Crippen LogP contribution in [0.15, 0.2) is 12.1 Å². The Hall–Kier alpha value is -0.670. The Morgan fingerprint density at radius 3 is 2.50 bits per heavy atom. The Labute approximate surface area is 86.1 Å². The number of rotatable bonds is 2. The van der Waals surface area contributed by atoms with Gasteiger partial charge < -0.3 is 5.32 Å².